The summed E-state index contributed by atoms with van der Waals surface area (Å²) in [7, 11) is 0. The van der Waals surface area contributed by atoms with Crippen molar-refractivity contribution in [2.24, 2.45) is 5.73 Å². The summed E-state index contributed by atoms with van der Waals surface area (Å²) in [5.74, 6) is 0.782. The van der Waals surface area contributed by atoms with Crippen LogP contribution >= 0.6 is 0 Å². The van der Waals surface area contributed by atoms with Crippen LogP contribution in [0.2, 0.25) is 0 Å². The van der Waals surface area contributed by atoms with Gasteiger partial charge in [0.1, 0.15) is 18.0 Å². The van der Waals surface area contributed by atoms with Crippen molar-refractivity contribution in [3.8, 4) is 5.75 Å². The molecular formula is C12H18N2O2. The zero-order chi connectivity index (χ0) is 11.4. The molecule has 0 bridgehead atoms. The van der Waals surface area contributed by atoms with E-state index in [1.165, 1.54) is 0 Å². The van der Waals surface area contributed by atoms with Crippen molar-refractivity contribution >= 4 is 0 Å². The van der Waals surface area contributed by atoms with Crippen LogP contribution in [0.15, 0.2) is 24.5 Å². The highest BCUT2D eigenvalue weighted by Gasteiger charge is 2.41. The van der Waals surface area contributed by atoms with Crippen molar-refractivity contribution < 1.29 is 9.47 Å². The summed E-state index contributed by atoms with van der Waals surface area (Å²) >= 11 is 0. The Balaban J connectivity index is 1.86. The van der Waals surface area contributed by atoms with E-state index < -0.39 is 0 Å². The van der Waals surface area contributed by atoms with Gasteiger partial charge in [0, 0.05) is 25.3 Å². The number of rotatable bonds is 5. The topological polar surface area (TPSA) is 57.4 Å². The first-order chi connectivity index (χ1) is 7.81. The molecule has 4 heteroatoms. The van der Waals surface area contributed by atoms with Gasteiger partial charge in [0.05, 0.1) is 6.20 Å². The van der Waals surface area contributed by atoms with Gasteiger partial charge in [0.15, 0.2) is 0 Å². The number of nitrogens with two attached hydrogens (primary N) is 1. The molecule has 1 heterocycles. The van der Waals surface area contributed by atoms with Gasteiger partial charge < -0.3 is 15.2 Å². The fourth-order valence-electron chi connectivity index (χ4n) is 1.81. The summed E-state index contributed by atoms with van der Waals surface area (Å²) < 4.78 is 11.4. The second-order valence-electron chi connectivity index (χ2n) is 4.08. The van der Waals surface area contributed by atoms with Crippen LogP contribution in [0.1, 0.15) is 19.8 Å². The fraction of sp³-hybridized carbons (Fsp3) is 0.583. The molecule has 1 aromatic rings. The van der Waals surface area contributed by atoms with Crippen LogP contribution in [0, 0.1) is 0 Å². The van der Waals surface area contributed by atoms with Gasteiger partial charge >= 0.3 is 0 Å². The molecule has 0 saturated heterocycles. The number of hydrogen-bond donors (Lipinski definition) is 1. The summed E-state index contributed by atoms with van der Waals surface area (Å²) in [4.78, 5) is 4.01. The standard InChI is InChI=1S/C12H18N2O2/c1-2-6-15-12-10(13)7-11(12)16-9-4-3-5-14-8-9/h3-5,8,10-12H,2,6-7,13H2,1H3. The van der Waals surface area contributed by atoms with Gasteiger partial charge in [-0.05, 0) is 18.6 Å². The minimum Gasteiger partial charge on any atom is -0.486 e. The van der Waals surface area contributed by atoms with Crippen LogP contribution in [0.4, 0.5) is 0 Å². The third kappa shape index (κ3) is 2.51. The first-order valence-electron chi connectivity index (χ1n) is 5.75. The normalized spacial score (nSPS) is 28.5. The monoisotopic (exact) mass is 222 g/mol. The van der Waals surface area contributed by atoms with Gasteiger partial charge in [-0.15, -0.1) is 0 Å². The Bertz CT molecular complexity index is 318. The van der Waals surface area contributed by atoms with Gasteiger partial charge in [0.2, 0.25) is 0 Å². The fourth-order valence-corrected chi connectivity index (χ4v) is 1.81. The number of aromatic nitrogens is 1. The first kappa shape index (κ1) is 11.4. The number of hydrogen-bond acceptors (Lipinski definition) is 4. The average Bonchev–Trinajstić information content (AvgIpc) is 2.30. The second kappa shape index (κ2) is 5.27. The van der Waals surface area contributed by atoms with Gasteiger partial charge in [-0.1, -0.05) is 6.92 Å². The van der Waals surface area contributed by atoms with Crippen LogP contribution in [-0.4, -0.2) is 29.8 Å². The Morgan fingerprint density at radius 1 is 1.56 bits per heavy atom. The zero-order valence-corrected chi connectivity index (χ0v) is 9.50. The smallest absolute Gasteiger partial charge is 0.138 e. The molecule has 3 unspecified atom stereocenters. The minimum absolute atomic E-state index is 0.0279. The first-order valence-corrected chi connectivity index (χ1v) is 5.75. The van der Waals surface area contributed by atoms with Crippen molar-refractivity contribution in [2.45, 2.75) is 38.0 Å². The lowest BCUT2D eigenvalue weighted by Crippen LogP contribution is -2.59. The van der Waals surface area contributed by atoms with Crippen molar-refractivity contribution in [3.05, 3.63) is 24.5 Å². The van der Waals surface area contributed by atoms with Crippen LogP contribution in [0.25, 0.3) is 0 Å². The van der Waals surface area contributed by atoms with Crippen molar-refractivity contribution in [3.63, 3.8) is 0 Å². The predicted molar refractivity (Wildman–Crippen MR) is 61.3 cm³/mol. The molecule has 4 nitrogen and oxygen atoms in total. The van der Waals surface area contributed by atoms with Crippen molar-refractivity contribution in [2.75, 3.05) is 6.61 Å². The van der Waals surface area contributed by atoms with E-state index in [2.05, 4.69) is 11.9 Å². The molecule has 1 saturated carbocycles. The van der Waals surface area contributed by atoms with Gasteiger partial charge in [-0.3, -0.25) is 4.98 Å². The summed E-state index contributed by atoms with van der Waals surface area (Å²) in [6.45, 7) is 2.83. The molecule has 3 atom stereocenters. The quantitative estimate of drug-likeness (QED) is 0.817. The van der Waals surface area contributed by atoms with Crippen LogP contribution in [0.5, 0.6) is 5.75 Å². The average molecular weight is 222 g/mol. The maximum Gasteiger partial charge on any atom is 0.138 e. The molecule has 1 fully saturated rings. The molecule has 0 radical (unpaired) electrons. The summed E-state index contributed by atoms with van der Waals surface area (Å²) in [6.07, 6.45) is 5.39. The molecule has 88 valence electrons. The van der Waals surface area contributed by atoms with Crippen molar-refractivity contribution in [1.29, 1.82) is 0 Å². The van der Waals surface area contributed by atoms with E-state index in [4.69, 9.17) is 15.2 Å². The maximum absolute atomic E-state index is 5.89. The molecular weight excluding hydrogens is 204 g/mol. The zero-order valence-electron chi connectivity index (χ0n) is 9.50. The lowest BCUT2D eigenvalue weighted by Gasteiger charge is -2.41. The molecule has 1 aliphatic rings. The van der Waals surface area contributed by atoms with E-state index in [1.54, 1.807) is 12.4 Å². The highest BCUT2D eigenvalue weighted by molar-refractivity contribution is 5.17. The van der Waals surface area contributed by atoms with E-state index in [9.17, 15) is 0 Å². The Kier molecular flexibility index (Phi) is 3.74. The SMILES string of the molecule is CCCOC1C(N)CC1Oc1cccnc1. The third-order valence-electron chi connectivity index (χ3n) is 2.73. The lowest BCUT2D eigenvalue weighted by molar-refractivity contribution is -0.0980. The Labute approximate surface area is 95.8 Å². The highest BCUT2D eigenvalue weighted by atomic mass is 16.5. The Morgan fingerprint density at radius 2 is 2.44 bits per heavy atom. The highest BCUT2D eigenvalue weighted by Crippen LogP contribution is 2.27. The van der Waals surface area contributed by atoms with Gasteiger partial charge in [-0.2, -0.15) is 0 Å². The summed E-state index contributed by atoms with van der Waals surface area (Å²) in [6, 6.07) is 3.86. The molecule has 0 aliphatic heterocycles. The van der Waals surface area contributed by atoms with E-state index in [-0.39, 0.29) is 18.2 Å². The molecule has 1 aromatic heterocycles. The Morgan fingerprint density at radius 3 is 3.06 bits per heavy atom. The molecule has 0 amide bonds. The lowest BCUT2D eigenvalue weighted by atomic mass is 9.86. The molecule has 1 aliphatic carbocycles. The van der Waals surface area contributed by atoms with Crippen LogP contribution in [-0.2, 0) is 4.74 Å². The minimum atomic E-state index is 0.0279. The van der Waals surface area contributed by atoms with Gasteiger partial charge in [-0.25, -0.2) is 0 Å². The molecule has 2 N–H and O–H groups in total. The summed E-state index contributed by atoms with van der Waals surface area (Å²) in [5, 5.41) is 0. The second-order valence-corrected chi connectivity index (χ2v) is 4.08. The van der Waals surface area contributed by atoms with E-state index in [1.807, 2.05) is 12.1 Å². The molecule has 0 spiro atoms. The number of pyridine rings is 1. The third-order valence-corrected chi connectivity index (χ3v) is 2.73. The predicted octanol–water partition coefficient (Wildman–Crippen LogP) is 1.36. The van der Waals surface area contributed by atoms with Crippen molar-refractivity contribution in [1.82, 2.24) is 4.98 Å². The number of nitrogens with zero attached hydrogens (tertiary/aromatic N) is 1. The molecule has 2 rings (SSSR count). The van der Waals surface area contributed by atoms with E-state index in [0.29, 0.717) is 0 Å². The number of ether oxygens (including phenoxy) is 2. The maximum atomic E-state index is 5.89. The van der Waals surface area contributed by atoms with E-state index in [0.717, 1.165) is 25.2 Å². The summed E-state index contributed by atoms with van der Waals surface area (Å²) in [5.41, 5.74) is 5.89. The Hall–Kier alpha value is -1.13. The largest absolute Gasteiger partial charge is 0.486 e. The van der Waals surface area contributed by atoms with Crippen LogP contribution in [0.3, 0.4) is 0 Å². The molecule has 0 aromatic carbocycles. The van der Waals surface area contributed by atoms with E-state index >= 15 is 0 Å². The molecule has 16 heavy (non-hydrogen) atoms. The van der Waals surface area contributed by atoms with Gasteiger partial charge in [0.25, 0.3) is 0 Å². The van der Waals surface area contributed by atoms with Crippen LogP contribution < -0.4 is 10.5 Å².